The Morgan fingerprint density at radius 2 is 2.67 bits per heavy atom. The van der Waals surface area contributed by atoms with Crippen LogP contribution in [0.4, 0.5) is 0 Å². The fraction of sp³-hybridized carbons (Fsp3) is 0.833. The maximum atomic E-state index is 4.46. The van der Waals surface area contributed by atoms with Crippen molar-refractivity contribution >= 4 is 29.1 Å². The number of nitrogens with zero attached hydrogens (tertiary/aromatic N) is 1. The van der Waals surface area contributed by atoms with Crippen LogP contribution in [0.25, 0.3) is 0 Å². The van der Waals surface area contributed by atoms with Gasteiger partial charge in [-0.15, -0.1) is 0 Å². The predicted octanol–water partition coefficient (Wildman–Crippen LogP) is 1.84. The lowest BCUT2D eigenvalue weighted by Gasteiger charge is -1.98. The van der Waals surface area contributed by atoms with E-state index in [-0.39, 0.29) is 0 Å². The van der Waals surface area contributed by atoms with Gasteiger partial charge < -0.3 is 0 Å². The standard InChI is InChI=1S/C6H9NS2/c8-5-7-3-6-1-2-9-4-6/h6H,1-4H2. The zero-order valence-electron chi connectivity index (χ0n) is 5.17. The maximum absolute atomic E-state index is 4.46. The zero-order valence-corrected chi connectivity index (χ0v) is 6.80. The van der Waals surface area contributed by atoms with Crippen molar-refractivity contribution in [1.29, 1.82) is 0 Å². The fourth-order valence-corrected chi connectivity index (χ4v) is 2.24. The molecule has 1 aliphatic rings. The molecule has 1 fully saturated rings. The van der Waals surface area contributed by atoms with Crippen molar-refractivity contribution in [1.82, 2.24) is 0 Å². The lowest BCUT2D eigenvalue weighted by molar-refractivity contribution is 0.615. The van der Waals surface area contributed by atoms with Gasteiger partial charge >= 0.3 is 0 Å². The van der Waals surface area contributed by atoms with Crippen molar-refractivity contribution in [2.24, 2.45) is 10.9 Å². The Kier molecular flexibility index (Phi) is 3.26. The highest BCUT2D eigenvalue weighted by molar-refractivity contribution is 7.99. The Balaban J connectivity index is 2.18. The fourth-order valence-electron chi connectivity index (χ4n) is 0.894. The summed E-state index contributed by atoms with van der Waals surface area (Å²) in [5.41, 5.74) is 0. The molecule has 1 nitrogen and oxygen atoms in total. The van der Waals surface area contributed by atoms with Crippen LogP contribution in [0.3, 0.4) is 0 Å². The lowest BCUT2D eigenvalue weighted by Crippen LogP contribution is -2.00. The largest absolute Gasteiger partial charge is 0.232 e. The van der Waals surface area contributed by atoms with Gasteiger partial charge in [-0.2, -0.15) is 11.8 Å². The van der Waals surface area contributed by atoms with Crippen molar-refractivity contribution < 1.29 is 0 Å². The van der Waals surface area contributed by atoms with Crippen molar-refractivity contribution in [2.45, 2.75) is 6.42 Å². The van der Waals surface area contributed by atoms with Crippen LogP contribution in [0.2, 0.25) is 0 Å². The molecule has 9 heavy (non-hydrogen) atoms. The lowest BCUT2D eigenvalue weighted by atomic mass is 10.1. The van der Waals surface area contributed by atoms with E-state index >= 15 is 0 Å². The molecule has 0 saturated carbocycles. The Morgan fingerprint density at radius 3 is 3.22 bits per heavy atom. The number of hydrogen-bond acceptors (Lipinski definition) is 3. The van der Waals surface area contributed by atoms with Crippen molar-refractivity contribution in [3.63, 3.8) is 0 Å². The Labute approximate surface area is 64.9 Å². The second-order valence-corrected chi connectivity index (χ2v) is 3.49. The molecular weight excluding hydrogens is 150 g/mol. The van der Waals surface area contributed by atoms with Crippen LogP contribution in [0, 0.1) is 5.92 Å². The van der Waals surface area contributed by atoms with E-state index in [0.29, 0.717) is 0 Å². The normalized spacial score (nSPS) is 25.6. The number of thiocarbonyl (C=S) groups is 1. The highest BCUT2D eigenvalue weighted by Gasteiger charge is 2.13. The topological polar surface area (TPSA) is 12.4 Å². The van der Waals surface area contributed by atoms with Gasteiger partial charge in [-0.1, -0.05) is 0 Å². The monoisotopic (exact) mass is 159 g/mol. The van der Waals surface area contributed by atoms with E-state index in [4.69, 9.17) is 0 Å². The summed E-state index contributed by atoms with van der Waals surface area (Å²) in [4.78, 5) is 3.91. The van der Waals surface area contributed by atoms with E-state index in [9.17, 15) is 0 Å². The maximum Gasteiger partial charge on any atom is 0.0585 e. The van der Waals surface area contributed by atoms with Gasteiger partial charge in [0.2, 0.25) is 0 Å². The minimum atomic E-state index is 0.783. The third-order valence-corrected chi connectivity index (χ3v) is 2.80. The average Bonchev–Trinajstić information content (AvgIpc) is 2.34. The molecule has 1 aliphatic heterocycles. The minimum Gasteiger partial charge on any atom is -0.232 e. The van der Waals surface area contributed by atoms with E-state index in [1.54, 1.807) is 0 Å². The molecule has 1 atom stereocenters. The number of thioether (sulfide) groups is 1. The van der Waals surface area contributed by atoms with Gasteiger partial charge in [0.25, 0.3) is 0 Å². The van der Waals surface area contributed by atoms with E-state index in [1.165, 1.54) is 17.9 Å². The molecule has 1 rings (SSSR count). The second kappa shape index (κ2) is 4.04. The van der Waals surface area contributed by atoms with E-state index in [2.05, 4.69) is 22.4 Å². The van der Waals surface area contributed by atoms with Gasteiger partial charge in [-0.3, -0.25) is 0 Å². The summed E-state index contributed by atoms with van der Waals surface area (Å²) in [6.07, 6.45) is 1.31. The first kappa shape index (κ1) is 7.26. The van der Waals surface area contributed by atoms with Crippen LogP contribution in [0.15, 0.2) is 4.99 Å². The summed E-state index contributed by atoms with van der Waals surface area (Å²) in [5, 5.41) is 2.39. The molecule has 1 saturated heterocycles. The SMILES string of the molecule is S=C=NCC1CCSC1. The van der Waals surface area contributed by atoms with Crippen LogP contribution < -0.4 is 0 Å². The quantitative estimate of drug-likeness (QED) is 0.450. The molecule has 1 unspecified atom stereocenters. The molecule has 0 aliphatic carbocycles. The molecule has 0 bridgehead atoms. The van der Waals surface area contributed by atoms with Gasteiger partial charge in [0.05, 0.1) is 11.7 Å². The molecule has 0 amide bonds. The summed E-state index contributed by atoms with van der Waals surface area (Å²) in [6, 6.07) is 0. The van der Waals surface area contributed by atoms with Crippen LogP contribution in [0.5, 0.6) is 0 Å². The molecule has 0 N–H and O–H groups in total. The van der Waals surface area contributed by atoms with Gasteiger partial charge in [0, 0.05) is 0 Å². The summed E-state index contributed by atoms with van der Waals surface area (Å²) >= 11 is 6.47. The first-order chi connectivity index (χ1) is 4.43. The molecule has 0 radical (unpaired) electrons. The molecule has 0 aromatic heterocycles. The average molecular weight is 159 g/mol. The molecular formula is C6H9NS2. The summed E-state index contributed by atoms with van der Waals surface area (Å²) in [6.45, 7) is 0.899. The summed E-state index contributed by atoms with van der Waals surface area (Å²) in [5.74, 6) is 3.35. The van der Waals surface area contributed by atoms with Gasteiger partial charge in [-0.25, -0.2) is 4.99 Å². The van der Waals surface area contributed by atoms with E-state index < -0.39 is 0 Å². The number of rotatable bonds is 2. The smallest absolute Gasteiger partial charge is 0.0585 e. The van der Waals surface area contributed by atoms with Crippen molar-refractivity contribution in [3.8, 4) is 0 Å². The summed E-state index contributed by atoms with van der Waals surface area (Å²) < 4.78 is 0. The van der Waals surface area contributed by atoms with Gasteiger partial charge in [-0.05, 0) is 36.1 Å². The van der Waals surface area contributed by atoms with E-state index in [1.807, 2.05) is 11.8 Å². The minimum absolute atomic E-state index is 0.783. The summed E-state index contributed by atoms with van der Waals surface area (Å²) in [7, 11) is 0. The second-order valence-electron chi connectivity index (χ2n) is 2.16. The molecule has 0 aromatic rings. The number of hydrogen-bond donors (Lipinski definition) is 0. The highest BCUT2D eigenvalue weighted by Crippen LogP contribution is 2.22. The molecule has 3 heteroatoms. The first-order valence-electron chi connectivity index (χ1n) is 3.05. The molecule has 0 aromatic carbocycles. The number of isothiocyanates is 1. The van der Waals surface area contributed by atoms with Crippen LogP contribution in [0.1, 0.15) is 6.42 Å². The highest BCUT2D eigenvalue weighted by atomic mass is 32.2. The first-order valence-corrected chi connectivity index (χ1v) is 4.61. The van der Waals surface area contributed by atoms with Crippen LogP contribution in [-0.2, 0) is 0 Å². The number of aliphatic imine (C=N–C) groups is 1. The molecule has 50 valence electrons. The third kappa shape index (κ3) is 2.48. The molecule has 0 spiro atoms. The van der Waals surface area contributed by atoms with Crippen LogP contribution in [-0.4, -0.2) is 23.2 Å². The van der Waals surface area contributed by atoms with Crippen molar-refractivity contribution in [2.75, 3.05) is 18.1 Å². The van der Waals surface area contributed by atoms with Crippen molar-refractivity contribution in [3.05, 3.63) is 0 Å². The van der Waals surface area contributed by atoms with Gasteiger partial charge in [0.1, 0.15) is 0 Å². The van der Waals surface area contributed by atoms with E-state index in [0.717, 1.165) is 12.5 Å². The van der Waals surface area contributed by atoms with Crippen LogP contribution >= 0.6 is 24.0 Å². The van der Waals surface area contributed by atoms with Gasteiger partial charge in [0.15, 0.2) is 0 Å². The predicted molar refractivity (Wildman–Crippen MR) is 45.3 cm³/mol. The Morgan fingerprint density at radius 1 is 1.78 bits per heavy atom. The zero-order chi connectivity index (χ0) is 6.53. The molecule has 1 heterocycles. The third-order valence-electron chi connectivity index (χ3n) is 1.44. The Bertz CT molecular complexity index is 123. The Hall–Kier alpha value is 0.150.